The molecule has 0 bridgehead atoms. The number of aromatic nitrogens is 3. The fraction of sp³-hybridized carbons (Fsp3) is 0.276. The van der Waals surface area contributed by atoms with Crippen LogP contribution >= 0.6 is 0 Å². The average molecular weight is 492 g/mol. The molecule has 1 unspecified atom stereocenters. The normalized spacial score (nSPS) is 17.0. The van der Waals surface area contributed by atoms with Gasteiger partial charge in [0.05, 0.1) is 23.0 Å². The number of hydrogen-bond acceptors (Lipinski definition) is 7. The highest BCUT2D eigenvalue weighted by atomic mass is 16.6. The highest BCUT2D eigenvalue weighted by Gasteiger charge is 2.22. The molecule has 1 saturated heterocycles. The van der Waals surface area contributed by atoms with Crippen molar-refractivity contribution in [2.75, 3.05) is 33.4 Å². The number of fused-ring (bicyclic) bond motifs is 2. The van der Waals surface area contributed by atoms with Crippen LogP contribution in [0.15, 0.2) is 54.9 Å². The van der Waals surface area contributed by atoms with E-state index in [1.165, 1.54) is 0 Å². The minimum atomic E-state index is 0.268. The van der Waals surface area contributed by atoms with E-state index < -0.39 is 0 Å². The van der Waals surface area contributed by atoms with Gasteiger partial charge in [-0.2, -0.15) is 5.26 Å². The number of hydrogen-bond donors (Lipinski definition) is 0. The van der Waals surface area contributed by atoms with E-state index in [4.69, 9.17) is 19.2 Å². The number of nitriles is 1. The van der Waals surface area contributed by atoms with Crippen LogP contribution in [-0.2, 0) is 0 Å². The van der Waals surface area contributed by atoms with Gasteiger partial charge in [-0.1, -0.05) is 18.1 Å². The van der Waals surface area contributed by atoms with Gasteiger partial charge in [-0.3, -0.25) is 4.40 Å². The van der Waals surface area contributed by atoms with Crippen LogP contribution in [0.2, 0.25) is 0 Å². The molecule has 0 spiro atoms. The monoisotopic (exact) mass is 491 g/mol. The van der Waals surface area contributed by atoms with Gasteiger partial charge < -0.3 is 19.1 Å². The summed E-state index contributed by atoms with van der Waals surface area (Å²) < 4.78 is 19.5. The first-order valence-electron chi connectivity index (χ1n) is 12.3. The van der Waals surface area contributed by atoms with Crippen LogP contribution in [0.5, 0.6) is 17.4 Å². The lowest BCUT2D eigenvalue weighted by Gasteiger charge is -2.25. The minimum absolute atomic E-state index is 0.268. The third-order valence-electron chi connectivity index (χ3n) is 6.65. The molecule has 8 nitrogen and oxygen atoms in total. The Morgan fingerprint density at radius 3 is 2.68 bits per heavy atom. The molecule has 1 atom stereocenters. The van der Waals surface area contributed by atoms with Gasteiger partial charge in [0.25, 0.3) is 5.88 Å². The van der Waals surface area contributed by atoms with Crippen molar-refractivity contribution in [1.82, 2.24) is 19.3 Å². The summed E-state index contributed by atoms with van der Waals surface area (Å²) in [7, 11) is 2.12. The highest BCUT2D eigenvalue weighted by Crippen LogP contribution is 2.39. The van der Waals surface area contributed by atoms with Crippen LogP contribution in [0.3, 0.4) is 0 Å². The zero-order valence-corrected chi connectivity index (χ0v) is 20.5. The maximum Gasteiger partial charge on any atom is 0.275 e. The van der Waals surface area contributed by atoms with Gasteiger partial charge in [-0.05, 0) is 56.8 Å². The summed E-state index contributed by atoms with van der Waals surface area (Å²) in [6.07, 6.45) is 8.69. The molecule has 8 heteroatoms. The average Bonchev–Trinajstić information content (AvgIpc) is 3.43. The zero-order chi connectivity index (χ0) is 25.2. The quantitative estimate of drug-likeness (QED) is 0.393. The van der Waals surface area contributed by atoms with Crippen molar-refractivity contribution in [2.24, 2.45) is 5.92 Å². The fourth-order valence-corrected chi connectivity index (χ4v) is 4.84. The van der Waals surface area contributed by atoms with Gasteiger partial charge in [0.2, 0.25) is 5.65 Å². The van der Waals surface area contributed by atoms with Gasteiger partial charge in [-0.25, -0.2) is 9.97 Å². The molecule has 0 N–H and O–H groups in total. The highest BCUT2D eigenvalue weighted by molar-refractivity contribution is 5.82. The predicted molar refractivity (Wildman–Crippen MR) is 138 cm³/mol. The molecule has 2 aromatic carbocycles. The first-order valence-corrected chi connectivity index (χ1v) is 12.3. The molecule has 0 saturated carbocycles. The van der Waals surface area contributed by atoms with Crippen molar-refractivity contribution in [3.8, 4) is 58.0 Å². The van der Waals surface area contributed by atoms with Gasteiger partial charge in [0.15, 0.2) is 11.5 Å². The maximum absolute atomic E-state index is 9.28. The number of piperidine rings is 1. The van der Waals surface area contributed by atoms with Crippen LogP contribution < -0.4 is 14.2 Å². The summed E-state index contributed by atoms with van der Waals surface area (Å²) in [5.41, 5.74) is 4.38. The summed E-state index contributed by atoms with van der Waals surface area (Å²) in [6, 6.07) is 15.4. The first kappa shape index (κ1) is 22.9. The lowest BCUT2D eigenvalue weighted by molar-refractivity contribution is 0.171. The Labute approximate surface area is 215 Å². The van der Waals surface area contributed by atoms with Crippen molar-refractivity contribution in [1.29, 1.82) is 5.26 Å². The number of benzene rings is 2. The van der Waals surface area contributed by atoms with E-state index in [0.29, 0.717) is 47.5 Å². The first-order chi connectivity index (χ1) is 18.2. The van der Waals surface area contributed by atoms with Crippen LogP contribution in [0.4, 0.5) is 0 Å². The lowest BCUT2D eigenvalue weighted by atomic mass is 10.00. The Balaban J connectivity index is 1.47. The van der Waals surface area contributed by atoms with Crippen molar-refractivity contribution in [2.45, 2.75) is 12.8 Å². The van der Waals surface area contributed by atoms with Crippen LogP contribution in [0.25, 0.3) is 28.2 Å². The lowest BCUT2D eigenvalue weighted by Crippen LogP contribution is -2.31. The Kier molecular flexibility index (Phi) is 6.10. The van der Waals surface area contributed by atoms with Crippen LogP contribution in [0.1, 0.15) is 18.4 Å². The number of likely N-dealkylation sites (tertiary alicyclic amines) is 1. The Morgan fingerprint density at radius 1 is 1.05 bits per heavy atom. The van der Waals surface area contributed by atoms with Crippen molar-refractivity contribution in [3.63, 3.8) is 0 Å². The van der Waals surface area contributed by atoms with Crippen molar-refractivity contribution >= 4 is 5.65 Å². The molecule has 1 fully saturated rings. The van der Waals surface area contributed by atoms with E-state index >= 15 is 0 Å². The largest absolute Gasteiger partial charge is 0.486 e. The fourth-order valence-electron chi connectivity index (χ4n) is 4.84. The molecule has 0 radical (unpaired) electrons. The number of ether oxygens (including phenoxy) is 3. The molecule has 2 aliphatic heterocycles. The summed E-state index contributed by atoms with van der Waals surface area (Å²) in [4.78, 5) is 11.7. The zero-order valence-electron chi connectivity index (χ0n) is 20.5. The van der Waals surface area contributed by atoms with Crippen molar-refractivity contribution < 1.29 is 14.2 Å². The van der Waals surface area contributed by atoms with Crippen LogP contribution in [-0.4, -0.2) is 52.6 Å². The molecular formula is C29H25N5O3. The smallest absolute Gasteiger partial charge is 0.275 e. The molecule has 37 heavy (non-hydrogen) atoms. The Hall–Kier alpha value is -4.53. The van der Waals surface area contributed by atoms with Gasteiger partial charge in [0, 0.05) is 36.0 Å². The topological polar surface area (TPSA) is 84.9 Å². The molecule has 2 aromatic heterocycles. The standard InChI is InChI=1S/C29H25N5O3/c1-33-12-2-3-21(19-33)10-14-37-29-28-31-11-13-34(28)27(23-8-9-24-25(17-23)36-16-15-35-24)26(32-29)22-6-4-20(18-30)5-7-22/h4-9,11,13,17,21H,2-3,12,15-16,19H2,1H3. The second-order valence-corrected chi connectivity index (χ2v) is 9.23. The summed E-state index contributed by atoms with van der Waals surface area (Å²) in [5.74, 6) is 5.26. The predicted octanol–water partition coefficient (Wildman–Crippen LogP) is 4.39. The third kappa shape index (κ3) is 4.55. The Morgan fingerprint density at radius 2 is 1.86 bits per heavy atom. The van der Waals surface area contributed by atoms with E-state index in [1.54, 1.807) is 18.3 Å². The number of nitrogens with zero attached hydrogens (tertiary/aromatic N) is 5. The molecule has 0 amide bonds. The summed E-state index contributed by atoms with van der Waals surface area (Å²) in [6.45, 7) is 3.06. The van der Waals surface area contributed by atoms with E-state index in [2.05, 4.69) is 35.0 Å². The SMILES string of the molecule is CN1CCCC(C#COc2nc(-c3ccc(C#N)cc3)c(-c3ccc4c(c3)OCCO4)n3ccnc23)C1. The minimum Gasteiger partial charge on any atom is -0.486 e. The second kappa shape index (κ2) is 9.85. The van der Waals surface area contributed by atoms with Gasteiger partial charge >= 0.3 is 0 Å². The number of rotatable bonds is 3. The number of imidazole rings is 1. The maximum atomic E-state index is 9.28. The second-order valence-electron chi connectivity index (χ2n) is 9.23. The Bertz CT molecular complexity index is 1560. The van der Waals surface area contributed by atoms with E-state index in [-0.39, 0.29) is 5.92 Å². The molecule has 4 heterocycles. The molecule has 2 aliphatic rings. The molecular weight excluding hydrogens is 466 g/mol. The summed E-state index contributed by atoms with van der Waals surface area (Å²) >= 11 is 0. The van der Waals surface area contributed by atoms with Crippen LogP contribution in [0, 0.1) is 29.3 Å². The van der Waals surface area contributed by atoms with E-state index in [1.807, 2.05) is 40.9 Å². The van der Waals surface area contributed by atoms with Gasteiger partial charge in [0.1, 0.15) is 19.3 Å². The molecule has 184 valence electrons. The molecule has 0 aliphatic carbocycles. The molecule has 6 rings (SSSR count). The van der Waals surface area contributed by atoms with Gasteiger partial charge in [-0.15, -0.1) is 0 Å². The van der Waals surface area contributed by atoms with E-state index in [9.17, 15) is 5.26 Å². The third-order valence-corrected chi connectivity index (χ3v) is 6.65. The van der Waals surface area contributed by atoms with E-state index in [0.717, 1.165) is 42.8 Å². The summed E-state index contributed by atoms with van der Waals surface area (Å²) in [5, 5.41) is 9.28. The molecule has 4 aromatic rings. The van der Waals surface area contributed by atoms with Crippen molar-refractivity contribution in [3.05, 3.63) is 60.4 Å².